The summed E-state index contributed by atoms with van der Waals surface area (Å²) in [5.41, 5.74) is 8.55. The number of pyridine rings is 1. The van der Waals surface area contributed by atoms with Crippen LogP contribution in [0.15, 0.2) is 22.8 Å². The van der Waals surface area contributed by atoms with Gasteiger partial charge in [0.25, 0.3) is 0 Å². The molecule has 0 unspecified atom stereocenters. The van der Waals surface area contributed by atoms with E-state index in [1.165, 1.54) is 0 Å². The van der Waals surface area contributed by atoms with Crippen LogP contribution in [0.3, 0.4) is 0 Å². The van der Waals surface area contributed by atoms with E-state index in [2.05, 4.69) is 51.7 Å². The molecule has 2 rings (SSSR count). The van der Waals surface area contributed by atoms with Crippen LogP contribution in [0.4, 0.5) is 5.82 Å². The lowest BCUT2D eigenvalue weighted by molar-refractivity contribution is 0.564. The van der Waals surface area contributed by atoms with Crippen molar-refractivity contribution in [2.24, 2.45) is 0 Å². The van der Waals surface area contributed by atoms with Crippen LogP contribution in [0.2, 0.25) is 0 Å². The van der Waals surface area contributed by atoms with Gasteiger partial charge in [0.2, 0.25) is 0 Å². The third-order valence-electron chi connectivity index (χ3n) is 2.81. The van der Waals surface area contributed by atoms with Gasteiger partial charge in [0.05, 0.1) is 10.2 Å². The normalized spacial score (nSPS) is 11.6. The van der Waals surface area contributed by atoms with Crippen molar-refractivity contribution in [3.63, 3.8) is 0 Å². The van der Waals surface area contributed by atoms with Crippen LogP contribution in [-0.4, -0.2) is 15.0 Å². The zero-order valence-electron chi connectivity index (χ0n) is 11.5. The molecule has 0 radical (unpaired) electrons. The highest BCUT2D eigenvalue weighted by atomic mass is 79.9. The van der Waals surface area contributed by atoms with Crippen molar-refractivity contribution >= 4 is 21.7 Å². The number of rotatable bonds is 1. The predicted molar refractivity (Wildman–Crippen MR) is 80.8 cm³/mol. The fourth-order valence-corrected chi connectivity index (χ4v) is 2.56. The van der Waals surface area contributed by atoms with Crippen LogP contribution in [0.5, 0.6) is 0 Å². The summed E-state index contributed by atoms with van der Waals surface area (Å²) in [6.45, 7) is 8.26. The summed E-state index contributed by atoms with van der Waals surface area (Å²) in [7, 11) is 0. The van der Waals surface area contributed by atoms with Gasteiger partial charge in [0.1, 0.15) is 11.5 Å². The number of hydrogen-bond donors (Lipinski definition) is 1. The monoisotopic (exact) mass is 320 g/mol. The highest BCUT2D eigenvalue weighted by molar-refractivity contribution is 9.10. The number of aromatic nitrogens is 3. The summed E-state index contributed by atoms with van der Waals surface area (Å²) in [5, 5.41) is 0. The van der Waals surface area contributed by atoms with Crippen molar-refractivity contribution in [3.05, 3.63) is 34.1 Å². The third-order valence-corrected chi connectivity index (χ3v) is 3.59. The molecule has 2 aromatic rings. The van der Waals surface area contributed by atoms with Crippen LogP contribution in [-0.2, 0) is 5.41 Å². The zero-order chi connectivity index (χ0) is 14.2. The number of aryl methyl sites for hydroxylation is 1. The van der Waals surface area contributed by atoms with Crippen molar-refractivity contribution in [3.8, 4) is 11.5 Å². The van der Waals surface area contributed by atoms with E-state index >= 15 is 0 Å². The zero-order valence-corrected chi connectivity index (χ0v) is 13.1. The second-order valence-corrected chi connectivity index (χ2v) is 6.31. The molecule has 0 spiro atoms. The molecule has 100 valence electrons. The van der Waals surface area contributed by atoms with E-state index in [4.69, 9.17) is 5.73 Å². The maximum atomic E-state index is 5.98. The van der Waals surface area contributed by atoms with Crippen LogP contribution in [0.25, 0.3) is 11.5 Å². The summed E-state index contributed by atoms with van der Waals surface area (Å²) >= 11 is 3.47. The average molecular weight is 321 g/mol. The molecular weight excluding hydrogens is 304 g/mol. The van der Waals surface area contributed by atoms with Crippen LogP contribution in [0, 0.1) is 6.92 Å². The Balaban J connectivity index is 2.68. The number of nitrogens with zero attached hydrogens (tertiary/aromatic N) is 3. The standard InChI is InChI=1S/C14H17BrN4/c1-8-6-5-7-17-10(8)13-18-11(14(2,3)4)9(15)12(16)19-13/h5-7H,1-4H3,(H2,16,18,19). The lowest BCUT2D eigenvalue weighted by Gasteiger charge is -2.21. The van der Waals surface area contributed by atoms with Crippen LogP contribution in [0.1, 0.15) is 32.0 Å². The minimum atomic E-state index is -0.118. The molecule has 19 heavy (non-hydrogen) atoms. The number of hydrogen-bond acceptors (Lipinski definition) is 4. The second kappa shape index (κ2) is 4.89. The molecule has 2 N–H and O–H groups in total. The number of halogens is 1. The molecule has 0 amide bonds. The maximum Gasteiger partial charge on any atom is 0.180 e. The molecule has 0 bridgehead atoms. The van der Waals surface area contributed by atoms with Crippen molar-refractivity contribution in [2.45, 2.75) is 33.1 Å². The maximum absolute atomic E-state index is 5.98. The summed E-state index contributed by atoms with van der Waals surface area (Å²) in [4.78, 5) is 13.3. The van der Waals surface area contributed by atoms with Crippen molar-refractivity contribution in [1.82, 2.24) is 15.0 Å². The molecule has 2 heterocycles. The Bertz CT molecular complexity index is 617. The number of nitrogen functional groups attached to an aromatic ring is 1. The molecule has 4 nitrogen and oxygen atoms in total. The molecule has 0 saturated heterocycles. The van der Waals surface area contributed by atoms with E-state index in [9.17, 15) is 0 Å². The van der Waals surface area contributed by atoms with Gasteiger partial charge in [-0.15, -0.1) is 0 Å². The first-order chi connectivity index (χ1) is 8.80. The van der Waals surface area contributed by atoms with Gasteiger partial charge in [-0.25, -0.2) is 9.97 Å². The van der Waals surface area contributed by atoms with Gasteiger partial charge in [-0.2, -0.15) is 0 Å². The molecule has 2 aromatic heterocycles. The molecule has 0 fully saturated rings. The van der Waals surface area contributed by atoms with Crippen molar-refractivity contribution in [1.29, 1.82) is 0 Å². The van der Waals surface area contributed by atoms with Gasteiger partial charge in [0, 0.05) is 11.6 Å². The quantitative estimate of drug-likeness (QED) is 0.873. The predicted octanol–water partition coefficient (Wildman–Crippen LogP) is 3.49. The first kappa shape index (κ1) is 13.9. The smallest absolute Gasteiger partial charge is 0.180 e. The van der Waals surface area contributed by atoms with Gasteiger partial charge >= 0.3 is 0 Å². The summed E-state index contributed by atoms with van der Waals surface area (Å²) < 4.78 is 0.761. The average Bonchev–Trinajstić information content (AvgIpc) is 2.31. The highest BCUT2D eigenvalue weighted by Gasteiger charge is 2.23. The summed E-state index contributed by atoms with van der Waals surface area (Å²) in [6.07, 6.45) is 1.74. The topological polar surface area (TPSA) is 64.7 Å². The van der Waals surface area contributed by atoms with Gasteiger partial charge in [0.15, 0.2) is 5.82 Å². The van der Waals surface area contributed by atoms with Crippen LogP contribution >= 0.6 is 15.9 Å². The number of nitrogens with two attached hydrogens (primary N) is 1. The van der Waals surface area contributed by atoms with Crippen molar-refractivity contribution < 1.29 is 0 Å². The van der Waals surface area contributed by atoms with Gasteiger partial charge < -0.3 is 5.73 Å². The fourth-order valence-electron chi connectivity index (χ4n) is 1.79. The molecule has 0 saturated carbocycles. The lowest BCUT2D eigenvalue weighted by Crippen LogP contribution is -2.17. The first-order valence-electron chi connectivity index (χ1n) is 6.06. The number of anilines is 1. The van der Waals surface area contributed by atoms with Gasteiger partial charge in [-0.05, 0) is 34.5 Å². The van der Waals surface area contributed by atoms with E-state index in [-0.39, 0.29) is 5.41 Å². The second-order valence-electron chi connectivity index (χ2n) is 5.51. The van der Waals surface area contributed by atoms with E-state index in [0.717, 1.165) is 21.4 Å². The first-order valence-corrected chi connectivity index (χ1v) is 6.85. The van der Waals surface area contributed by atoms with E-state index < -0.39 is 0 Å². The largest absolute Gasteiger partial charge is 0.383 e. The molecular formula is C14H17BrN4. The minimum absolute atomic E-state index is 0.118. The Hall–Kier alpha value is -1.49. The van der Waals surface area contributed by atoms with Crippen LogP contribution < -0.4 is 5.73 Å². The minimum Gasteiger partial charge on any atom is -0.383 e. The summed E-state index contributed by atoms with van der Waals surface area (Å²) in [5.74, 6) is 1.02. The van der Waals surface area contributed by atoms with Crippen molar-refractivity contribution in [2.75, 3.05) is 5.73 Å². The molecule has 0 aliphatic carbocycles. The molecule has 0 aliphatic heterocycles. The van der Waals surface area contributed by atoms with E-state index in [0.29, 0.717) is 11.6 Å². The SMILES string of the molecule is Cc1cccnc1-c1nc(N)c(Br)c(C(C)(C)C)n1. The van der Waals surface area contributed by atoms with Gasteiger partial charge in [-0.1, -0.05) is 26.8 Å². The van der Waals surface area contributed by atoms with E-state index in [1.54, 1.807) is 6.20 Å². The summed E-state index contributed by atoms with van der Waals surface area (Å²) in [6, 6.07) is 3.88. The Morgan fingerprint density at radius 3 is 2.47 bits per heavy atom. The Kier molecular flexibility index (Phi) is 3.58. The van der Waals surface area contributed by atoms with E-state index in [1.807, 2.05) is 19.1 Å². The molecule has 0 aliphatic rings. The van der Waals surface area contributed by atoms with Gasteiger partial charge in [-0.3, -0.25) is 4.98 Å². The Morgan fingerprint density at radius 1 is 1.21 bits per heavy atom. The Morgan fingerprint density at radius 2 is 1.89 bits per heavy atom. The highest BCUT2D eigenvalue weighted by Crippen LogP contribution is 2.33. The Labute approximate surface area is 121 Å². The molecule has 5 heteroatoms. The molecule has 0 aromatic carbocycles. The molecule has 0 atom stereocenters. The third kappa shape index (κ3) is 2.76. The lowest BCUT2D eigenvalue weighted by atomic mass is 9.92. The fraction of sp³-hybridized carbons (Fsp3) is 0.357.